The van der Waals surface area contributed by atoms with Crippen LogP contribution in [0.1, 0.15) is 13.3 Å². The highest BCUT2D eigenvalue weighted by molar-refractivity contribution is 5.89. The van der Waals surface area contributed by atoms with Crippen molar-refractivity contribution in [2.45, 2.75) is 50.3 Å². The summed E-state index contributed by atoms with van der Waals surface area (Å²) < 4.78 is 27.0. The molecule has 7 atom stereocenters. The van der Waals surface area contributed by atoms with Crippen LogP contribution in [0, 0.1) is 5.92 Å². The molecule has 0 amide bonds. The molecule has 2 heterocycles. The van der Waals surface area contributed by atoms with Gasteiger partial charge < -0.3 is 49.2 Å². The number of carbonyl (C=O) groups excluding carboxylic acids is 1. The maximum absolute atomic E-state index is 12.5. The molecule has 1 fully saturated rings. The Morgan fingerprint density at radius 1 is 1.06 bits per heavy atom. The minimum absolute atomic E-state index is 0.0565. The summed E-state index contributed by atoms with van der Waals surface area (Å²) in [5.41, 5.74) is 0.0265. The number of benzene rings is 1. The Hall–Kier alpha value is -3.00. The number of carboxylic acid groups (broad SMARTS) is 1. The average molecular weight is 510 g/mol. The first-order valence-corrected chi connectivity index (χ1v) is 11.3. The van der Waals surface area contributed by atoms with Gasteiger partial charge in [0.25, 0.3) is 0 Å². The first-order chi connectivity index (χ1) is 17.3. The van der Waals surface area contributed by atoms with Crippen LogP contribution < -0.4 is 4.74 Å². The van der Waals surface area contributed by atoms with E-state index in [4.69, 9.17) is 23.7 Å². The van der Waals surface area contributed by atoms with E-state index < -0.39 is 61.5 Å². The number of allylic oxidation sites excluding steroid dienone is 1. The first-order valence-electron chi connectivity index (χ1n) is 11.3. The van der Waals surface area contributed by atoms with Crippen molar-refractivity contribution in [2.24, 2.45) is 5.92 Å². The molecule has 2 aliphatic heterocycles. The number of carboxylic acids is 1. The normalized spacial score (nSPS) is 31.3. The lowest BCUT2D eigenvalue weighted by atomic mass is 9.86. The topological polar surface area (TPSA) is 181 Å². The Balaban J connectivity index is 1.65. The van der Waals surface area contributed by atoms with E-state index in [1.165, 1.54) is 6.08 Å². The van der Waals surface area contributed by atoms with Crippen molar-refractivity contribution < 1.29 is 58.8 Å². The highest BCUT2D eigenvalue weighted by Crippen LogP contribution is 2.35. The average Bonchev–Trinajstić information content (AvgIpc) is 2.87. The van der Waals surface area contributed by atoms with Crippen molar-refractivity contribution in [1.29, 1.82) is 0 Å². The maximum Gasteiger partial charge on any atom is 0.335 e. The lowest BCUT2D eigenvalue weighted by Crippen LogP contribution is -2.60. The number of ether oxygens (including phenoxy) is 5. The molecule has 0 spiro atoms. The molecule has 3 rings (SSSR count). The summed E-state index contributed by atoms with van der Waals surface area (Å²) in [7, 11) is 0. The standard InChI is InChI=1S/C24H30O12/c1-2-14-15(10-18(26)33-9-8-32-13-6-4-3-5-7-13)16(22(30)31)12-34-23(14)36-24-21(29)20(28)19(27)17(11-25)35-24/h2-7,12,15,17,19-21,23-25,27-29H,8-11H2,1H3,(H,30,31)/b14-2+/t15-,17-,19-,20+,21-,23-,24+/m0/s1. The fourth-order valence-corrected chi connectivity index (χ4v) is 3.87. The molecule has 1 saturated heterocycles. The summed E-state index contributed by atoms with van der Waals surface area (Å²) in [5, 5.41) is 49.2. The SMILES string of the molecule is C/C=C1/[C@H](O[C@H]2O[C@@H](CO)[C@H](O)[C@@H](O)[C@@H]2O)OC=C(C(=O)O)[C@H]1CC(=O)OCCOc1ccccc1. The van der Waals surface area contributed by atoms with Gasteiger partial charge in [-0.2, -0.15) is 0 Å². The van der Waals surface area contributed by atoms with Crippen molar-refractivity contribution in [3.05, 3.63) is 53.8 Å². The second kappa shape index (κ2) is 12.8. The molecule has 2 aliphatic rings. The number of para-hydroxylation sites is 1. The molecular formula is C24H30O12. The Kier molecular flexibility index (Phi) is 9.81. The Morgan fingerprint density at radius 2 is 1.78 bits per heavy atom. The zero-order valence-electron chi connectivity index (χ0n) is 19.5. The number of hydrogen-bond acceptors (Lipinski definition) is 11. The van der Waals surface area contributed by atoms with Gasteiger partial charge in [-0.15, -0.1) is 0 Å². The van der Waals surface area contributed by atoms with Gasteiger partial charge in [-0.3, -0.25) is 4.79 Å². The predicted octanol–water partition coefficient (Wildman–Crippen LogP) is -0.298. The number of carbonyl (C=O) groups is 2. The summed E-state index contributed by atoms with van der Waals surface area (Å²) >= 11 is 0. The summed E-state index contributed by atoms with van der Waals surface area (Å²) in [6.45, 7) is 0.973. The predicted molar refractivity (Wildman–Crippen MR) is 120 cm³/mol. The third kappa shape index (κ3) is 6.60. The molecule has 12 heteroatoms. The maximum atomic E-state index is 12.5. The molecule has 0 aliphatic carbocycles. The second-order valence-corrected chi connectivity index (χ2v) is 8.11. The number of rotatable bonds is 10. The van der Waals surface area contributed by atoms with E-state index in [1.807, 2.05) is 6.07 Å². The third-order valence-electron chi connectivity index (χ3n) is 5.78. The monoisotopic (exact) mass is 510 g/mol. The number of esters is 1. The Morgan fingerprint density at radius 3 is 2.42 bits per heavy atom. The smallest absolute Gasteiger partial charge is 0.335 e. The van der Waals surface area contributed by atoms with Gasteiger partial charge in [0.15, 0.2) is 6.29 Å². The highest BCUT2D eigenvalue weighted by atomic mass is 16.8. The third-order valence-corrected chi connectivity index (χ3v) is 5.78. The van der Waals surface area contributed by atoms with Gasteiger partial charge in [0.2, 0.25) is 6.29 Å². The molecular weight excluding hydrogens is 480 g/mol. The van der Waals surface area contributed by atoms with Crippen LogP contribution in [0.15, 0.2) is 53.8 Å². The molecule has 5 N–H and O–H groups in total. The Labute approximate surface area is 206 Å². The van der Waals surface area contributed by atoms with Crippen molar-refractivity contribution in [1.82, 2.24) is 0 Å². The van der Waals surface area contributed by atoms with Gasteiger partial charge in [-0.1, -0.05) is 24.3 Å². The molecule has 0 bridgehead atoms. The summed E-state index contributed by atoms with van der Waals surface area (Å²) in [4.78, 5) is 24.3. The largest absolute Gasteiger partial charge is 0.490 e. The zero-order valence-corrected chi connectivity index (χ0v) is 19.5. The molecule has 36 heavy (non-hydrogen) atoms. The van der Waals surface area contributed by atoms with Crippen molar-refractivity contribution >= 4 is 11.9 Å². The van der Waals surface area contributed by atoms with Gasteiger partial charge in [0, 0.05) is 11.5 Å². The fraction of sp³-hybridized carbons (Fsp3) is 0.500. The van der Waals surface area contributed by atoms with E-state index >= 15 is 0 Å². The van der Waals surface area contributed by atoms with Crippen LogP contribution in [0.25, 0.3) is 0 Å². The van der Waals surface area contributed by atoms with Gasteiger partial charge in [-0.25, -0.2) is 4.79 Å². The summed E-state index contributed by atoms with van der Waals surface area (Å²) in [6, 6.07) is 8.94. The minimum atomic E-state index is -1.69. The minimum Gasteiger partial charge on any atom is -0.490 e. The molecule has 12 nitrogen and oxygen atoms in total. The number of hydrogen-bond donors (Lipinski definition) is 5. The quantitative estimate of drug-likeness (QED) is 0.158. The van der Waals surface area contributed by atoms with Crippen LogP contribution in [-0.2, 0) is 28.5 Å². The van der Waals surface area contributed by atoms with Crippen LogP contribution in [0.3, 0.4) is 0 Å². The van der Waals surface area contributed by atoms with E-state index in [9.17, 15) is 35.1 Å². The van der Waals surface area contributed by atoms with Gasteiger partial charge >= 0.3 is 11.9 Å². The lowest BCUT2D eigenvalue weighted by molar-refractivity contribution is -0.327. The van der Waals surface area contributed by atoms with Gasteiger partial charge in [0.1, 0.15) is 43.4 Å². The first kappa shape index (κ1) is 27.6. The lowest BCUT2D eigenvalue weighted by Gasteiger charge is -2.41. The molecule has 0 aromatic heterocycles. The van der Waals surface area contributed by atoms with E-state index in [-0.39, 0.29) is 30.8 Å². The summed E-state index contributed by atoms with van der Waals surface area (Å²) in [5.74, 6) is -2.38. The van der Waals surface area contributed by atoms with Crippen LogP contribution in [0.2, 0.25) is 0 Å². The van der Waals surface area contributed by atoms with E-state index in [2.05, 4.69) is 0 Å². The van der Waals surface area contributed by atoms with Crippen LogP contribution >= 0.6 is 0 Å². The number of aliphatic hydroxyl groups is 4. The fourth-order valence-electron chi connectivity index (χ4n) is 3.87. The van der Waals surface area contributed by atoms with Crippen molar-refractivity contribution in [3.8, 4) is 5.75 Å². The Bertz CT molecular complexity index is 944. The van der Waals surface area contributed by atoms with Gasteiger partial charge in [-0.05, 0) is 19.1 Å². The molecule has 1 aromatic rings. The highest BCUT2D eigenvalue weighted by Gasteiger charge is 2.46. The summed E-state index contributed by atoms with van der Waals surface area (Å²) in [6.07, 6.45) is -6.88. The van der Waals surface area contributed by atoms with Crippen molar-refractivity contribution in [3.63, 3.8) is 0 Å². The van der Waals surface area contributed by atoms with Crippen LogP contribution in [0.5, 0.6) is 5.75 Å². The molecule has 0 unspecified atom stereocenters. The molecule has 0 radical (unpaired) electrons. The van der Waals surface area contributed by atoms with Gasteiger partial charge in [0.05, 0.1) is 24.9 Å². The van der Waals surface area contributed by atoms with Crippen LogP contribution in [-0.4, -0.2) is 94.3 Å². The van der Waals surface area contributed by atoms with E-state index in [0.717, 1.165) is 6.26 Å². The number of aliphatic hydroxyl groups excluding tert-OH is 4. The van der Waals surface area contributed by atoms with Crippen molar-refractivity contribution in [2.75, 3.05) is 19.8 Å². The van der Waals surface area contributed by atoms with E-state index in [0.29, 0.717) is 5.75 Å². The number of aliphatic carboxylic acids is 1. The molecule has 1 aromatic carbocycles. The molecule has 0 saturated carbocycles. The second-order valence-electron chi connectivity index (χ2n) is 8.11. The zero-order chi connectivity index (χ0) is 26.2. The molecule has 198 valence electrons. The van der Waals surface area contributed by atoms with Crippen LogP contribution in [0.4, 0.5) is 0 Å². The van der Waals surface area contributed by atoms with E-state index in [1.54, 1.807) is 31.2 Å².